The summed E-state index contributed by atoms with van der Waals surface area (Å²) in [6.45, 7) is 0.808. The Morgan fingerprint density at radius 3 is 2.79 bits per heavy atom. The number of aromatic nitrogens is 2. The van der Waals surface area contributed by atoms with E-state index < -0.39 is 11.2 Å². The Hall–Kier alpha value is -2.91. The topological polar surface area (TPSA) is 91.6 Å². The van der Waals surface area contributed by atoms with Crippen LogP contribution in [0.2, 0.25) is 0 Å². The van der Waals surface area contributed by atoms with Gasteiger partial charge in [0.25, 0.3) is 5.56 Å². The highest BCUT2D eigenvalue weighted by Gasteiger charge is 2.17. The van der Waals surface area contributed by atoms with Gasteiger partial charge in [0.05, 0.1) is 18.3 Å². The fraction of sp³-hybridized carbons (Fsp3) is 0.316. The fourth-order valence-electron chi connectivity index (χ4n) is 2.86. The molecule has 0 saturated carbocycles. The summed E-state index contributed by atoms with van der Waals surface area (Å²) in [4.78, 5) is 38.3. The van der Waals surface area contributed by atoms with Gasteiger partial charge in [0.2, 0.25) is 5.91 Å². The summed E-state index contributed by atoms with van der Waals surface area (Å²) in [7, 11) is 3.10. The molecule has 0 aliphatic carbocycles. The van der Waals surface area contributed by atoms with Gasteiger partial charge in [-0.2, -0.15) is 0 Å². The van der Waals surface area contributed by atoms with Crippen molar-refractivity contribution in [2.75, 3.05) is 27.4 Å². The standard InChI is InChI=1S/C19H21N3O5S/c1-26-9-4-8-20-16(23)12-21-15-7-10-28-17(15)18(24)22(19(21)25)13-5-3-6-14(11-13)27-2/h3,5-7,10-11H,4,8-9,12H2,1-2H3,(H,20,23). The molecule has 3 aromatic rings. The Labute approximate surface area is 164 Å². The van der Waals surface area contributed by atoms with Crippen LogP contribution in [-0.4, -0.2) is 42.4 Å². The lowest BCUT2D eigenvalue weighted by molar-refractivity contribution is -0.121. The van der Waals surface area contributed by atoms with Crippen LogP contribution in [-0.2, 0) is 16.1 Å². The van der Waals surface area contributed by atoms with E-state index in [9.17, 15) is 14.4 Å². The molecular formula is C19H21N3O5S. The van der Waals surface area contributed by atoms with Crippen LogP contribution >= 0.6 is 11.3 Å². The Morgan fingerprint density at radius 1 is 1.21 bits per heavy atom. The summed E-state index contributed by atoms with van der Waals surface area (Å²) in [5.74, 6) is 0.221. The molecule has 0 fully saturated rings. The van der Waals surface area contributed by atoms with Crippen molar-refractivity contribution in [1.29, 1.82) is 0 Å². The van der Waals surface area contributed by atoms with E-state index in [-0.39, 0.29) is 12.5 Å². The molecule has 3 rings (SSSR count). The zero-order chi connectivity index (χ0) is 20.1. The highest BCUT2D eigenvalue weighted by atomic mass is 32.1. The third-order valence-corrected chi connectivity index (χ3v) is 5.11. The van der Waals surface area contributed by atoms with Gasteiger partial charge >= 0.3 is 5.69 Å². The number of benzene rings is 1. The molecule has 0 aliphatic rings. The van der Waals surface area contributed by atoms with Crippen LogP contribution in [0, 0.1) is 0 Å². The SMILES string of the molecule is COCCCNC(=O)Cn1c(=O)n(-c2cccc(OC)c2)c(=O)c2sccc21. The first-order valence-corrected chi connectivity index (χ1v) is 9.58. The number of hydrogen-bond donors (Lipinski definition) is 1. The zero-order valence-corrected chi connectivity index (χ0v) is 16.5. The molecule has 2 aromatic heterocycles. The number of carbonyl (C=O) groups excluding carboxylic acids is 1. The van der Waals surface area contributed by atoms with Crippen molar-refractivity contribution in [3.8, 4) is 11.4 Å². The molecule has 28 heavy (non-hydrogen) atoms. The van der Waals surface area contributed by atoms with Crippen molar-refractivity contribution < 1.29 is 14.3 Å². The lowest BCUT2D eigenvalue weighted by Crippen LogP contribution is -2.41. The van der Waals surface area contributed by atoms with Crippen molar-refractivity contribution in [3.63, 3.8) is 0 Å². The van der Waals surface area contributed by atoms with Gasteiger partial charge in [-0.1, -0.05) is 6.07 Å². The highest BCUT2D eigenvalue weighted by molar-refractivity contribution is 7.17. The van der Waals surface area contributed by atoms with Crippen molar-refractivity contribution in [2.45, 2.75) is 13.0 Å². The van der Waals surface area contributed by atoms with Gasteiger partial charge in [-0.3, -0.25) is 14.2 Å². The first-order valence-electron chi connectivity index (χ1n) is 8.70. The highest BCUT2D eigenvalue weighted by Crippen LogP contribution is 2.18. The second-order valence-corrected chi connectivity index (χ2v) is 6.96. The van der Waals surface area contributed by atoms with E-state index in [0.29, 0.717) is 41.2 Å². The quantitative estimate of drug-likeness (QED) is 0.574. The van der Waals surface area contributed by atoms with E-state index in [4.69, 9.17) is 9.47 Å². The monoisotopic (exact) mass is 403 g/mol. The molecule has 1 aromatic carbocycles. The van der Waals surface area contributed by atoms with Crippen molar-refractivity contribution in [2.24, 2.45) is 0 Å². The predicted octanol–water partition coefficient (Wildman–Crippen LogP) is 1.38. The van der Waals surface area contributed by atoms with Crippen LogP contribution < -0.4 is 21.3 Å². The number of carbonyl (C=O) groups is 1. The number of amides is 1. The van der Waals surface area contributed by atoms with E-state index in [0.717, 1.165) is 4.57 Å². The van der Waals surface area contributed by atoms with Crippen molar-refractivity contribution in [1.82, 2.24) is 14.5 Å². The number of hydrogen-bond acceptors (Lipinski definition) is 6. The molecule has 0 saturated heterocycles. The average Bonchev–Trinajstić information content (AvgIpc) is 3.19. The summed E-state index contributed by atoms with van der Waals surface area (Å²) in [6.07, 6.45) is 0.675. The number of rotatable bonds is 8. The first kappa shape index (κ1) is 19.8. The number of methoxy groups -OCH3 is 2. The van der Waals surface area contributed by atoms with Crippen LogP contribution in [0.5, 0.6) is 5.75 Å². The fourth-order valence-corrected chi connectivity index (χ4v) is 3.69. The summed E-state index contributed by atoms with van der Waals surface area (Å²) < 4.78 is 12.9. The van der Waals surface area contributed by atoms with E-state index in [1.807, 2.05) is 0 Å². The minimum atomic E-state index is -0.573. The summed E-state index contributed by atoms with van der Waals surface area (Å²) in [5, 5.41) is 4.49. The van der Waals surface area contributed by atoms with Crippen LogP contribution in [0.15, 0.2) is 45.3 Å². The Bertz CT molecular complexity index is 1100. The molecule has 0 unspecified atom stereocenters. The molecule has 1 N–H and O–H groups in total. The minimum Gasteiger partial charge on any atom is -0.497 e. The van der Waals surface area contributed by atoms with Crippen LogP contribution in [0.1, 0.15) is 6.42 Å². The van der Waals surface area contributed by atoms with Crippen LogP contribution in [0.4, 0.5) is 0 Å². The van der Waals surface area contributed by atoms with E-state index in [1.54, 1.807) is 42.8 Å². The second kappa shape index (κ2) is 8.85. The van der Waals surface area contributed by atoms with Gasteiger partial charge in [0.15, 0.2) is 0 Å². The normalized spacial score (nSPS) is 10.9. The van der Waals surface area contributed by atoms with Crippen molar-refractivity contribution >= 4 is 27.5 Å². The molecule has 0 spiro atoms. The van der Waals surface area contributed by atoms with Crippen molar-refractivity contribution in [3.05, 3.63) is 56.5 Å². The molecule has 0 radical (unpaired) electrons. The van der Waals surface area contributed by atoms with Gasteiger partial charge in [0.1, 0.15) is 17.0 Å². The molecule has 0 aliphatic heterocycles. The number of nitrogens with zero attached hydrogens (tertiary/aromatic N) is 2. The van der Waals surface area contributed by atoms with Crippen LogP contribution in [0.3, 0.4) is 0 Å². The molecule has 148 valence electrons. The number of ether oxygens (including phenoxy) is 2. The number of fused-ring (bicyclic) bond motifs is 1. The molecule has 2 heterocycles. The lowest BCUT2D eigenvalue weighted by atomic mass is 10.3. The third kappa shape index (κ3) is 4.00. The zero-order valence-electron chi connectivity index (χ0n) is 15.6. The summed E-state index contributed by atoms with van der Waals surface area (Å²) >= 11 is 1.23. The van der Waals surface area contributed by atoms with Gasteiger partial charge in [-0.15, -0.1) is 11.3 Å². The summed E-state index contributed by atoms with van der Waals surface area (Å²) in [5.41, 5.74) is -0.152. The van der Waals surface area contributed by atoms with E-state index >= 15 is 0 Å². The van der Waals surface area contributed by atoms with Crippen LogP contribution in [0.25, 0.3) is 15.9 Å². The maximum atomic E-state index is 13.1. The Morgan fingerprint density at radius 2 is 2.04 bits per heavy atom. The minimum absolute atomic E-state index is 0.177. The Balaban J connectivity index is 2.03. The maximum Gasteiger partial charge on any atom is 0.336 e. The second-order valence-electron chi connectivity index (χ2n) is 6.04. The van der Waals surface area contributed by atoms with Gasteiger partial charge in [-0.05, 0) is 30.0 Å². The summed E-state index contributed by atoms with van der Waals surface area (Å²) in [6, 6.07) is 8.37. The third-order valence-electron chi connectivity index (χ3n) is 4.22. The largest absolute Gasteiger partial charge is 0.497 e. The number of nitrogens with one attached hydrogen (secondary N) is 1. The number of thiophene rings is 1. The van der Waals surface area contributed by atoms with Gasteiger partial charge in [-0.25, -0.2) is 9.36 Å². The molecule has 9 heteroatoms. The van der Waals surface area contributed by atoms with E-state index in [2.05, 4.69) is 5.32 Å². The predicted molar refractivity (Wildman–Crippen MR) is 108 cm³/mol. The molecule has 8 nitrogen and oxygen atoms in total. The first-order chi connectivity index (χ1) is 13.6. The van der Waals surface area contributed by atoms with Gasteiger partial charge in [0, 0.05) is 26.3 Å². The molecule has 0 atom stereocenters. The Kier molecular flexibility index (Phi) is 6.27. The average molecular weight is 403 g/mol. The van der Waals surface area contributed by atoms with Gasteiger partial charge < -0.3 is 14.8 Å². The smallest absolute Gasteiger partial charge is 0.336 e. The molecule has 1 amide bonds. The maximum absolute atomic E-state index is 13.1. The molecular weight excluding hydrogens is 382 g/mol. The lowest BCUT2D eigenvalue weighted by Gasteiger charge is -2.13. The molecule has 0 bridgehead atoms. The van der Waals surface area contributed by atoms with E-state index in [1.165, 1.54) is 23.0 Å².